The number of carbonyl (C=O) groups is 2. The molecule has 2 amide bonds. The fourth-order valence-corrected chi connectivity index (χ4v) is 6.70. The van der Waals surface area contributed by atoms with Crippen LogP contribution in [0.3, 0.4) is 0 Å². The summed E-state index contributed by atoms with van der Waals surface area (Å²) in [5, 5.41) is 16.1. The Morgan fingerprint density at radius 2 is 1.65 bits per heavy atom. The third-order valence-corrected chi connectivity index (χ3v) is 9.13. The summed E-state index contributed by atoms with van der Waals surface area (Å²) in [6.45, 7) is 1.59. The Balaban J connectivity index is 1.33. The Kier molecular flexibility index (Phi) is 9.65. The molecule has 2 aromatic carbocycles. The second-order valence-corrected chi connectivity index (χ2v) is 12.2. The Hall–Kier alpha value is -4.67. The lowest BCUT2D eigenvalue weighted by molar-refractivity contribution is -0.128. The number of furan rings is 1. The first-order chi connectivity index (χ1) is 22.4. The van der Waals surface area contributed by atoms with Crippen molar-refractivity contribution in [1.82, 2.24) is 25.5 Å². The molecule has 2 aliphatic rings. The number of hydrogen-bond acceptors (Lipinski definition) is 8. The molecule has 11 heteroatoms. The second-order valence-electron chi connectivity index (χ2n) is 12.2. The normalized spacial score (nSPS) is 16.2. The molecule has 0 unspecified atom stereocenters. The van der Waals surface area contributed by atoms with Crippen molar-refractivity contribution in [2.24, 2.45) is 0 Å². The highest BCUT2D eigenvalue weighted by molar-refractivity contribution is 6.01. The number of anilines is 1. The fraction of sp³-hybridized carbons (Fsp3) is 0.457. The van der Waals surface area contributed by atoms with Crippen LogP contribution in [-0.4, -0.2) is 52.3 Å². The number of benzene rings is 2. The van der Waals surface area contributed by atoms with Gasteiger partial charge >= 0.3 is 0 Å². The third kappa shape index (κ3) is 6.93. The monoisotopic (exact) mass is 626 g/mol. The van der Waals surface area contributed by atoms with Crippen molar-refractivity contribution in [2.75, 3.05) is 19.1 Å². The van der Waals surface area contributed by atoms with Crippen LogP contribution in [0.15, 0.2) is 59.0 Å². The van der Waals surface area contributed by atoms with E-state index >= 15 is 0 Å². The largest absolute Gasteiger partial charge is 0.493 e. The lowest BCUT2D eigenvalue weighted by atomic mass is 9.84. The maximum Gasteiger partial charge on any atom is 0.251 e. The van der Waals surface area contributed by atoms with Gasteiger partial charge in [0.05, 0.1) is 14.2 Å². The Morgan fingerprint density at radius 3 is 2.33 bits per heavy atom. The molecule has 0 radical (unpaired) electrons. The van der Waals surface area contributed by atoms with E-state index in [0.29, 0.717) is 46.0 Å². The van der Waals surface area contributed by atoms with Crippen LogP contribution in [-0.2, 0) is 16.1 Å². The number of tetrazole rings is 1. The number of aryl methyl sites for hydroxylation is 1. The van der Waals surface area contributed by atoms with Gasteiger partial charge in [0, 0.05) is 17.3 Å². The molecule has 1 atom stereocenters. The molecule has 242 valence electrons. The summed E-state index contributed by atoms with van der Waals surface area (Å²) in [7, 11) is 3.12. The van der Waals surface area contributed by atoms with E-state index in [1.807, 2.05) is 25.1 Å². The van der Waals surface area contributed by atoms with Crippen molar-refractivity contribution in [2.45, 2.75) is 89.3 Å². The molecule has 2 fully saturated rings. The zero-order valence-corrected chi connectivity index (χ0v) is 26.8. The number of nitrogens with one attached hydrogen (secondary N) is 1. The molecule has 0 spiro atoms. The topological polar surface area (TPSA) is 125 Å². The van der Waals surface area contributed by atoms with Gasteiger partial charge in [-0.25, -0.2) is 0 Å². The number of amides is 2. The van der Waals surface area contributed by atoms with Crippen molar-refractivity contribution < 1.29 is 23.5 Å². The van der Waals surface area contributed by atoms with Crippen molar-refractivity contribution in [3.63, 3.8) is 0 Å². The van der Waals surface area contributed by atoms with Crippen molar-refractivity contribution in [3.05, 3.63) is 71.7 Å². The number of hydrogen-bond donors (Lipinski definition) is 1. The number of ether oxygens (including phenoxy) is 2. The number of methoxy groups -OCH3 is 2. The van der Waals surface area contributed by atoms with Crippen molar-refractivity contribution >= 4 is 17.5 Å². The Labute approximate surface area is 269 Å². The van der Waals surface area contributed by atoms with Gasteiger partial charge in [-0.3, -0.25) is 14.5 Å². The maximum absolute atomic E-state index is 14.3. The average Bonchev–Trinajstić information content (AvgIpc) is 3.87. The summed E-state index contributed by atoms with van der Waals surface area (Å²) in [6.07, 6.45) is 10.1. The SMILES string of the molecule is COc1ccc(-c2nnn(CC(=O)N(c3ccc(C4CCCCC4)cc3)[C@H](C(=O)NC3CCCC3)c3ccc(C)o3)n2)cc1OC. The standard InChI is InChI=1S/C35H42N6O5/c1-23-13-19-30(46-23)33(35(43)36-27-11-7-8-12-27)41(28-17-14-25(15-18-28)24-9-5-4-6-10-24)32(42)22-40-38-34(37-39-40)26-16-20-29(44-2)31(21-26)45-3/h13-21,24,27,33H,4-12,22H2,1-3H3,(H,36,43)/t33-/m0/s1. The first-order valence-electron chi connectivity index (χ1n) is 16.2. The molecule has 1 N–H and O–H groups in total. The predicted octanol–water partition coefficient (Wildman–Crippen LogP) is 6.14. The summed E-state index contributed by atoms with van der Waals surface area (Å²) in [6, 6.07) is 16.0. The molecule has 4 aromatic rings. The number of carbonyl (C=O) groups excluding carboxylic acids is 2. The summed E-state index contributed by atoms with van der Waals surface area (Å²) in [4.78, 5) is 31.2. The van der Waals surface area contributed by atoms with E-state index in [1.165, 1.54) is 47.4 Å². The van der Waals surface area contributed by atoms with Crippen LogP contribution in [0.4, 0.5) is 5.69 Å². The molecule has 2 aromatic heterocycles. The first kappa shape index (κ1) is 31.3. The van der Waals surface area contributed by atoms with Gasteiger partial charge in [-0.05, 0) is 91.8 Å². The van der Waals surface area contributed by atoms with Gasteiger partial charge in [0.25, 0.3) is 11.8 Å². The zero-order valence-electron chi connectivity index (χ0n) is 26.8. The smallest absolute Gasteiger partial charge is 0.251 e. The molecule has 0 saturated heterocycles. The minimum atomic E-state index is -1.02. The van der Waals surface area contributed by atoms with Crippen LogP contribution < -0.4 is 19.7 Å². The first-order valence-corrected chi connectivity index (χ1v) is 16.2. The van der Waals surface area contributed by atoms with Crippen molar-refractivity contribution in [1.29, 1.82) is 0 Å². The van der Waals surface area contributed by atoms with E-state index in [-0.39, 0.29) is 24.4 Å². The molecular formula is C35H42N6O5. The Bertz CT molecular complexity index is 1640. The van der Waals surface area contributed by atoms with Gasteiger partial charge in [0.15, 0.2) is 17.5 Å². The van der Waals surface area contributed by atoms with Crippen LogP contribution in [0.2, 0.25) is 0 Å². The molecule has 0 bridgehead atoms. The number of rotatable bonds is 11. The molecule has 2 heterocycles. The van der Waals surface area contributed by atoms with E-state index in [1.54, 1.807) is 38.5 Å². The highest BCUT2D eigenvalue weighted by Gasteiger charge is 2.37. The van der Waals surface area contributed by atoms with Gasteiger partial charge in [0.1, 0.15) is 18.1 Å². The van der Waals surface area contributed by atoms with Crippen molar-refractivity contribution in [3.8, 4) is 22.9 Å². The Morgan fingerprint density at radius 1 is 0.935 bits per heavy atom. The molecule has 2 aliphatic carbocycles. The van der Waals surface area contributed by atoms with E-state index < -0.39 is 6.04 Å². The lowest BCUT2D eigenvalue weighted by Crippen LogP contribution is -2.47. The molecule has 2 saturated carbocycles. The summed E-state index contributed by atoms with van der Waals surface area (Å²) in [5.41, 5.74) is 2.52. The van der Waals surface area contributed by atoms with E-state index in [2.05, 4.69) is 32.9 Å². The van der Waals surface area contributed by atoms with Crippen LogP contribution in [0.25, 0.3) is 11.4 Å². The average molecular weight is 627 g/mol. The number of aromatic nitrogens is 4. The summed E-state index contributed by atoms with van der Waals surface area (Å²) < 4.78 is 16.8. The molecule has 11 nitrogen and oxygen atoms in total. The lowest BCUT2D eigenvalue weighted by Gasteiger charge is -2.31. The predicted molar refractivity (Wildman–Crippen MR) is 173 cm³/mol. The van der Waals surface area contributed by atoms with Gasteiger partial charge in [0.2, 0.25) is 5.82 Å². The molecular weight excluding hydrogens is 584 g/mol. The van der Waals surface area contributed by atoms with Gasteiger partial charge in [-0.1, -0.05) is 44.2 Å². The van der Waals surface area contributed by atoms with E-state index in [4.69, 9.17) is 13.9 Å². The maximum atomic E-state index is 14.3. The van der Waals surface area contributed by atoms with Crippen LogP contribution in [0, 0.1) is 6.92 Å². The summed E-state index contributed by atoms with van der Waals surface area (Å²) in [5.74, 6) is 2.35. The third-order valence-electron chi connectivity index (χ3n) is 9.13. The summed E-state index contributed by atoms with van der Waals surface area (Å²) >= 11 is 0. The minimum Gasteiger partial charge on any atom is -0.493 e. The van der Waals surface area contributed by atoms with Crippen LogP contribution >= 0.6 is 0 Å². The highest BCUT2D eigenvalue weighted by atomic mass is 16.5. The van der Waals surface area contributed by atoms with Crippen LogP contribution in [0.5, 0.6) is 11.5 Å². The quantitative estimate of drug-likeness (QED) is 0.211. The van der Waals surface area contributed by atoms with Gasteiger partial charge in [-0.2, -0.15) is 4.80 Å². The second kappa shape index (κ2) is 14.2. The molecule has 46 heavy (non-hydrogen) atoms. The zero-order chi connectivity index (χ0) is 32.0. The fourth-order valence-electron chi connectivity index (χ4n) is 6.70. The van der Waals surface area contributed by atoms with E-state index in [0.717, 1.165) is 25.7 Å². The van der Waals surface area contributed by atoms with Gasteiger partial charge < -0.3 is 19.2 Å². The van der Waals surface area contributed by atoms with Gasteiger partial charge in [-0.15, -0.1) is 10.2 Å². The van der Waals surface area contributed by atoms with E-state index in [9.17, 15) is 9.59 Å². The number of nitrogens with zero attached hydrogens (tertiary/aromatic N) is 5. The minimum absolute atomic E-state index is 0.0673. The van der Waals surface area contributed by atoms with Crippen LogP contribution in [0.1, 0.15) is 86.8 Å². The molecule has 0 aliphatic heterocycles. The highest BCUT2D eigenvalue weighted by Crippen LogP contribution is 2.36. The molecule has 6 rings (SSSR count).